The summed E-state index contributed by atoms with van der Waals surface area (Å²) in [6.07, 6.45) is 14.8. The molecule has 38 heavy (non-hydrogen) atoms. The van der Waals surface area contributed by atoms with Crippen LogP contribution in [0, 0.1) is 24.7 Å². The number of carbonyl (C=O) groups excluding carboxylic acids is 2. The molecule has 0 aliphatic carbocycles. The average Bonchev–Trinajstić information content (AvgIpc) is 3.35. The molecule has 4 heteroatoms. The van der Waals surface area contributed by atoms with Crippen LogP contribution < -0.4 is 0 Å². The van der Waals surface area contributed by atoms with Crippen molar-refractivity contribution in [3.63, 3.8) is 0 Å². The highest BCUT2D eigenvalue weighted by molar-refractivity contribution is 6.18. The number of hydrogen-bond acceptors (Lipinski definition) is 2. The first-order valence-corrected chi connectivity index (χ1v) is 12.8. The quantitative estimate of drug-likeness (QED) is 0.385. The van der Waals surface area contributed by atoms with E-state index in [-0.39, 0.29) is 35.7 Å². The SMILES string of the molecule is C#CCN1C(=O)/C(=C2/C=C(c3ccc(C(C)(C)C)cc3)N(CC#C)C2=O)C=C1c1ccc(C(C)(C)C)cc1. The first kappa shape index (κ1) is 26.8. The molecular formula is C34H34N2O2. The van der Waals surface area contributed by atoms with Gasteiger partial charge in [0.1, 0.15) is 0 Å². The van der Waals surface area contributed by atoms with Crippen LogP contribution in [0.3, 0.4) is 0 Å². The molecule has 0 atom stereocenters. The molecule has 2 amide bonds. The van der Waals surface area contributed by atoms with Crippen molar-refractivity contribution < 1.29 is 9.59 Å². The van der Waals surface area contributed by atoms with Crippen molar-refractivity contribution in [3.05, 3.63) is 94.1 Å². The van der Waals surface area contributed by atoms with Gasteiger partial charge in [-0.15, -0.1) is 12.8 Å². The van der Waals surface area contributed by atoms with Crippen LogP contribution in [0.2, 0.25) is 0 Å². The number of terminal acetylenes is 2. The van der Waals surface area contributed by atoms with E-state index >= 15 is 0 Å². The Bertz CT molecular complexity index is 1340. The van der Waals surface area contributed by atoms with Gasteiger partial charge in [0, 0.05) is 0 Å². The van der Waals surface area contributed by atoms with Crippen molar-refractivity contribution in [2.75, 3.05) is 13.1 Å². The van der Waals surface area contributed by atoms with Crippen LogP contribution in [0.5, 0.6) is 0 Å². The molecule has 0 bridgehead atoms. The van der Waals surface area contributed by atoms with Gasteiger partial charge in [-0.3, -0.25) is 19.4 Å². The van der Waals surface area contributed by atoms with Gasteiger partial charge < -0.3 is 0 Å². The Morgan fingerprint density at radius 1 is 0.605 bits per heavy atom. The molecule has 0 N–H and O–H groups in total. The maximum atomic E-state index is 13.6. The Morgan fingerprint density at radius 3 is 1.18 bits per heavy atom. The lowest BCUT2D eigenvalue weighted by atomic mass is 9.86. The monoisotopic (exact) mass is 502 g/mol. The fourth-order valence-electron chi connectivity index (χ4n) is 4.71. The standard InChI is InChI=1S/C34H34N2O2/c1-9-19-35-29(23-11-15-25(16-12-23)33(3,4)5)21-27(31(35)37)28-22-30(36(20-10-2)32(28)38)24-13-17-26(18-14-24)34(6,7)8/h1-2,11-18,21-22H,19-20H2,3-8H3/b28-27-. The molecule has 4 nitrogen and oxygen atoms in total. The summed E-state index contributed by atoms with van der Waals surface area (Å²) in [6.45, 7) is 13.1. The molecule has 0 saturated carbocycles. The lowest BCUT2D eigenvalue weighted by Crippen LogP contribution is -2.29. The Kier molecular flexibility index (Phi) is 6.96. The number of benzene rings is 2. The first-order valence-electron chi connectivity index (χ1n) is 12.8. The van der Waals surface area contributed by atoms with E-state index in [0.29, 0.717) is 22.5 Å². The fourth-order valence-corrected chi connectivity index (χ4v) is 4.71. The van der Waals surface area contributed by atoms with Crippen LogP contribution in [0.25, 0.3) is 11.4 Å². The number of carbonyl (C=O) groups is 2. The first-order chi connectivity index (χ1) is 17.9. The van der Waals surface area contributed by atoms with Crippen LogP contribution in [-0.4, -0.2) is 34.7 Å². The van der Waals surface area contributed by atoms with Gasteiger partial charge in [-0.2, -0.15) is 0 Å². The molecule has 2 aromatic rings. The highest BCUT2D eigenvalue weighted by Crippen LogP contribution is 2.37. The molecule has 2 aromatic carbocycles. The number of rotatable bonds is 4. The van der Waals surface area contributed by atoms with Gasteiger partial charge in [0.15, 0.2) is 0 Å². The molecule has 0 spiro atoms. The normalized spacial score (nSPS) is 17.9. The maximum absolute atomic E-state index is 13.6. The fraction of sp³-hybridized carbons (Fsp3) is 0.294. The molecule has 4 rings (SSSR count). The van der Waals surface area contributed by atoms with Crippen LogP contribution in [0.1, 0.15) is 63.8 Å². The van der Waals surface area contributed by atoms with Crippen molar-refractivity contribution in [2.45, 2.75) is 52.4 Å². The van der Waals surface area contributed by atoms with E-state index in [0.717, 1.165) is 11.1 Å². The zero-order valence-electron chi connectivity index (χ0n) is 23.1. The Balaban J connectivity index is 1.82. The van der Waals surface area contributed by atoms with Crippen LogP contribution in [0.15, 0.2) is 71.8 Å². The summed E-state index contributed by atoms with van der Waals surface area (Å²) in [6, 6.07) is 16.2. The average molecular weight is 503 g/mol. The zero-order valence-corrected chi connectivity index (χ0v) is 23.1. The Labute approximate surface area is 226 Å². The van der Waals surface area contributed by atoms with E-state index < -0.39 is 0 Å². The molecule has 0 radical (unpaired) electrons. The van der Waals surface area contributed by atoms with Crippen molar-refractivity contribution in [1.29, 1.82) is 0 Å². The zero-order chi connectivity index (χ0) is 27.8. The van der Waals surface area contributed by atoms with Gasteiger partial charge in [-0.05, 0) is 45.2 Å². The van der Waals surface area contributed by atoms with Crippen LogP contribution in [0.4, 0.5) is 0 Å². The molecule has 0 aromatic heterocycles. The number of hydrogen-bond donors (Lipinski definition) is 0. The number of amides is 2. The van der Waals surface area contributed by atoms with Gasteiger partial charge in [0.05, 0.1) is 35.6 Å². The van der Waals surface area contributed by atoms with Gasteiger partial charge in [-0.25, -0.2) is 0 Å². The molecule has 192 valence electrons. The smallest absolute Gasteiger partial charge is 0.260 e. The summed E-state index contributed by atoms with van der Waals surface area (Å²) >= 11 is 0. The summed E-state index contributed by atoms with van der Waals surface area (Å²) in [7, 11) is 0. The van der Waals surface area contributed by atoms with Crippen molar-refractivity contribution in [3.8, 4) is 24.7 Å². The van der Waals surface area contributed by atoms with Gasteiger partial charge in [-0.1, -0.05) is 102 Å². The number of nitrogens with zero attached hydrogens (tertiary/aromatic N) is 2. The van der Waals surface area contributed by atoms with E-state index in [1.807, 2.05) is 24.3 Å². The molecule has 2 heterocycles. The van der Waals surface area contributed by atoms with Crippen LogP contribution in [-0.2, 0) is 20.4 Å². The molecular weight excluding hydrogens is 468 g/mol. The lowest BCUT2D eigenvalue weighted by Gasteiger charge is -2.21. The molecule has 2 aliphatic heterocycles. The second-order valence-electron chi connectivity index (χ2n) is 11.7. The van der Waals surface area contributed by atoms with E-state index in [1.54, 1.807) is 22.0 Å². The predicted molar refractivity (Wildman–Crippen MR) is 154 cm³/mol. The third-order valence-corrected chi connectivity index (χ3v) is 6.98. The Hall–Kier alpha value is -4.28. The summed E-state index contributed by atoms with van der Waals surface area (Å²) in [5.41, 5.74) is 6.14. The second-order valence-corrected chi connectivity index (χ2v) is 11.7. The van der Waals surface area contributed by atoms with E-state index in [1.165, 1.54) is 11.1 Å². The minimum absolute atomic E-state index is 0.00702. The lowest BCUT2D eigenvalue weighted by molar-refractivity contribution is -0.125. The molecule has 0 fully saturated rings. The highest BCUT2D eigenvalue weighted by atomic mass is 16.2. The Morgan fingerprint density at radius 2 is 0.921 bits per heavy atom. The van der Waals surface area contributed by atoms with Crippen molar-refractivity contribution >= 4 is 23.2 Å². The second kappa shape index (κ2) is 9.88. The molecule has 2 aliphatic rings. The third-order valence-electron chi connectivity index (χ3n) is 6.98. The topological polar surface area (TPSA) is 40.6 Å². The van der Waals surface area contributed by atoms with Crippen LogP contribution >= 0.6 is 0 Å². The minimum atomic E-state index is -0.289. The van der Waals surface area contributed by atoms with E-state index in [2.05, 4.69) is 77.6 Å². The largest absolute Gasteiger partial charge is 0.296 e. The maximum Gasteiger partial charge on any atom is 0.260 e. The molecule has 0 unspecified atom stereocenters. The summed E-state index contributed by atoms with van der Waals surface area (Å²) < 4.78 is 0. The predicted octanol–water partition coefficient (Wildman–Crippen LogP) is 5.91. The van der Waals surface area contributed by atoms with Crippen molar-refractivity contribution in [2.24, 2.45) is 0 Å². The van der Waals surface area contributed by atoms with Crippen molar-refractivity contribution in [1.82, 2.24) is 9.80 Å². The van der Waals surface area contributed by atoms with E-state index in [4.69, 9.17) is 12.8 Å². The summed E-state index contributed by atoms with van der Waals surface area (Å²) in [4.78, 5) is 30.3. The summed E-state index contributed by atoms with van der Waals surface area (Å²) in [5, 5.41) is 0. The van der Waals surface area contributed by atoms with Gasteiger partial charge in [0.2, 0.25) is 0 Å². The highest BCUT2D eigenvalue weighted by Gasteiger charge is 2.37. The molecule has 0 saturated heterocycles. The minimum Gasteiger partial charge on any atom is -0.296 e. The summed E-state index contributed by atoms with van der Waals surface area (Å²) in [5.74, 6) is 4.59. The van der Waals surface area contributed by atoms with Gasteiger partial charge >= 0.3 is 0 Å². The van der Waals surface area contributed by atoms with Gasteiger partial charge in [0.25, 0.3) is 11.8 Å². The van der Waals surface area contributed by atoms with E-state index in [9.17, 15) is 9.59 Å². The third kappa shape index (κ3) is 4.96.